The van der Waals surface area contributed by atoms with Crippen molar-refractivity contribution in [3.05, 3.63) is 156 Å². The predicted molar refractivity (Wildman–Crippen MR) is 174 cm³/mol. The molecule has 6 rings (SSSR count). The van der Waals surface area contributed by atoms with Crippen LogP contribution < -0.4 is 29.7 Å². The lowest BCUT2D eigenvalue weighted by molar-refractivity contribution is -0.113. The van der Waals surface area contributed by atoms with E-state index in [0.717, 1.165) is 23.3 Å². The van der Waals surface area contributed by atoms with Crippen LogP contribution in [0.3, 0.4) is 0 Å². The lowest BCUT2D eigenvalue weighted by atomic mass is 9.95. The predicted octanol–water partition coefficient (Wildman–Crippen LogP) is 6.05. The molecule has 2 heterocycles. The summed E-state index contributed by atoms with van der Waals surface area (Å²) in [5, 5.41) is 3.01. The van der Waals surface area contributed by atoms with Gasteiger partial charge in [-0.1, -0.05) is 65.9 Å². The average Bonchev–Trinajstić information content (AvgIpc) is 3.35. The smallest absolute Gasteiger partial charge is 0.271 e. The topological polar surface area (TPSA) is 81.9 Å². The highest BCUT2D eigenvalue weighted by Gasteiger charge is 2.32. The van der Waals surface area contributed by atoms with Gasteiger partial charge < -0.3 is 14.8 Å². The van der Waals surface area contributed by atoms with Crippen molar-refractivity contribution in [3.8, 4) is 11.5 Å². The number of methoxy groups -OCH3 is 1. The van der Waals surface area contributed by atoms with Gasteiger partial charge in [0.15, 0.2) is 16.4 Å². The molecule has 232 valence electrons. The second-order valence-corrected chi connectivity index (χ2v) is 11.7. The maximum absolute atomic E-state index is 14.2. The number of hydrogen-bond acceptors (Lipinski definition) is 6. The van der Waals surface area contributed by atoms with Crippen LogP contribution in [0.15, 0.2) is 112 Å². The summed E-state index contributed by atoms with van der Waals surface area (Å²) < 4.78 is 40.6. The van der Waals surface area contributed by atoms with Crippen LogP contribution in [0.2, 0.25) is 0 Å². The first-order valence-corrected chi connectivity index (χ1v) is 15.2. The van der Waals surface area contributed by atoms with E-state index in [2.05, 4.69) is 5.32 Å². The van der Waals surface area contributed by atoms with E-state index in [-0.39, 0.29) is 23.8 Å². The summed E-state index contributed by atoms with van der Waals surface area (Å²) in [5.41, 5.74) is 4.24. The maximum Gasteiger partial charge on any atom is 0.271 e. The minimum Gasteiger partial charge on any atom is -0.496 e. The van der Waals surface area contributed by atoms with E-state index in [0.29, 0.717) is 43.2 Å². The van der Waals surface area contributed by atoms with E-state index in [1.165, 1.54) is 24.5 Å². The van der Waals surface area contributed by atoms with Gasteiger partial charge in [-0.25, -0.2) is 13.8 Å². The van der Waals surface area contributed by atoms with Gasteiger partial charge in [-0.3, -0.25) is 14.2 Å². The third-order valence-corrected chi connectivity index (χ3v) is 8.64. The van der Waals surface area contributed by atoms with E-state index in [9.17, 15) is 18.4 Å². The van der Waals surface area contributed by atoms with Gasteiger partial charge in [0.25, 0.3) is 11.5 Å². The molecule has 0 fully saturated rings. The fraction of sp³-hybridized carbons (Fsp3) is 0.139. The molecule has 0 saturated carbocycles. The molecule has 1 aromatic heterocycles. The minimum atomic E-state index is -0.813. The average molecular weight is 638 g/mol. The molecular formula is C36H29F2N3O4S. The number of carbonyl (C=O) groups is 1. The van der Waals surface area contributed by atoms with Crippen molar-refractivity contribution in [1.29, 1.82) is 0 Å². The van der Waals surface area contributed by atoms with Crippen molar-refractivity contribution >= 4 is 29.0 Å². The molecule has 0 spiro atoms. The van der Waals surface area contributed by atoms with Crippen LogP contribution in [0.25, 0.3) is 6.08 Å². The van der Waals surface area contributed by atoms with E-state index in [1.54, 1.807) is 35.8 Å². The molecule has 1 aliphatic heterocycles. The first-order valence-electron chi connectivity index (χ1n) is 14.4. The third kappa shape index (κ3) is 6.12. The number of halogens is 2. The number of amides is 1. The molecule has 1 aliphatic rings. The molecule has 4 aromatic carbocycles. The number of allylic oxidation sites excluding steroid dienone is 1. The number of nitrogens with one attached hydrogen (secondary N) is 1. The Hall–Kier alpha value is -5.35. The summed E-state index contributed by atoms with van der Waals surface area (Å²) >= 11 is 1.22. The van der Waals surface area contributed by atoms with Gasteiger partial charge in [-0.2, -0.15) is 0 Å². The number of rotatable bonds is 8. The first kappa shape index (κ1) is 30.7. The maximum atomic E-state index is 14.2. The Bertz CT molecular complexity index is 2170. The number of benzene rings is 4. The number of ether oxygens (including phenoxy) is 2. The van der Waals surface area contributed by atoms with Gasteiger partial charge >= 0.3 is 0 Å². The number of thiazole rings is 1. The largest absolute Gasteiger partial charge is 0.496 e. The van der Waals surface area contributed by atoms with Crippen LogP contribution >= 0.6 is 11.3 Å². The Morgan fingerprint density at radius 2 is 1.72 bits per heavy atom. The molecule has 1 N–H and O–H groups in total. The Morgan fingerprint density at radius 3 is 2.46 bits per heavy atom. The highest BCUT2D eigenvalue weighted by atomic mass is 32.1. The molecule has 0 aliphatic carbocycles. The van der Waals surface area contributed by atoms with Crippen molar-refractivity contribution in [2.24, 2.45) is 4.99 Å². The third-order valence-electron chi connectivity index (χ3n) is 7.65. The van der Waals surface area contributed by atoms with E-state index < -0.39 is 17.7 Å². The Balaban J connectivity index is 1.39. The number of para-hydroxylation sites is 1. The molecule has 7 nitrogen and oxygen atoms in total. The standard InChI is InChI=1S/C36H29F2N3O4S/c1-21-9-7-8-12-28(21)40-34(42)32-22(2)39-36-41(33(32)24-10-5-4-6-11-24)35(43)31(46-36)18-23-13-15-29(44-3)25(17-23)20-45-30-16-14-26(37)19-27(30)38/h4-19,33H,20H2,1-3H3,(H,40,42)/b31-18-. The summed E-state index contributed by atoms with van der Waals surface area (Å²) in [4.78, 5) is 33.1. The number of aromatic nitrogens is 1. The highest BCUT2D eigenvalue weighted by molar-refractivity contribution is 7.07. The van der Waals surface area contributed by atoms with Gasteiger partial charge in [-0.05, 0) is 66.9 Å². The number of carbonyl (C=O) groups excluding carboxylic acids is 1. The fourth-order valence-corrected chi connectivity index (χ4v) is 6.41. The molecular weight excluding hydrogens is 608 g/mol. The summed E-state index contributed by atoms with van der Waals surface area (Å²) in [6, 6.07) is 24.6. The molecule has 46 heavy (non-hydrogen) atoms. The SMILES string of the molecule is COc1ccc(/C=c2\sc3n(c2=O)C(c2ccccc2)C(C(=O)Nc2ccccc2C)=C(C)N=3)cc1COc1ccc(F)cc1F. The molecule has 1 unspecified atom stereocenters. The lowest BCUT2D eigenvalue weighted by Gasteiger charge is -2.25. The molecule has 0 bridgehead atoms. The van der Waals surface area contributed by atoms with Gasteiger partial charge in [0.05, 0.1) is 29.0 Å². The van der Waals surface area contributed by atoms with Crippen molar-refractivity contribution in [3.63, 3.8) is 0 Å². The van der Waals surface area contributed by atoms with E-state index in [1.807, 2.05) is 61.5 Å². The molecule has 0 saturated heterocycles. The quantitative estimate of drug-likeness (QED) is 0.225. The summed E-state index contributed by atoms with van der Waals surface area (Å²) in [6.07, 6.45) is 1.74. The van der Waals surface area contributed by atoms with Crippen LogP contribution in [-0.2, 0) is 11.4 Å². The van der Waals surface area contributed by atoms with E-state index in [4.69, 9.17) is 14.5 Å². The second-order valence-electron chi connectivity index (χ2n) is 10.7. The number of aryl methyl sites for hydroxylation is 1. The lowest BCUT2D eigenvalue weighted by Crippen LogP contribution is -2.40. The number of fused-ring (bicyclic) bond motifs is 1. The van der Waals surface area contributed by atoms with Crippen LogP contribution in [0, 0.1) is 18.6 Å². The summed E-state index contributed by atoms with van der Waals surface area (Å²) in [6.45, 7) is 3.64. The molecule has 10 heteroatoms. The van der Waals surface area contributed by atoms with Crippen LogP contribution in [0.5, 0.6) is 11.5 Å². The van der Waals surface area contributed by atoms with Gasteiger partial charge in [0.2, 0.25) is 0 Å². The molecule has 0 radical (unpaired) electrons. The molecule has 1 amide bonds. The van der Waals surface area contributed by atoms with E-state index >= 15 is 0 Å². The Labute approximate surface area is 267 Å². The number of nitrogens with zero attached hydrogens (tertiary/aromatic N) is 2. The van der Waals surface area contributed by atoms with Crippen molar-refractivity contribution < 1.29 is 23.0 Å². The minimum absolute atomic E-state index is 0.0543. The van der Waals surface area contributed by atoms with Crippen LogP contribution in [0.4, 0.5) is 14.5 Å². The number of hydrogen-bond donors (Lipinski definition) is 1. The molecule has 1 atom stereocenters. The normalized spacial score (nSPS) is 14.5. The number of anilines is 1. The van der Waals surface area contributed by atoms with Crippen molar-refractivity contribution in [1.82, 2.24) is 4.57 Å². The zero-order chi connectivity index (χ0) is 32.4. The Morgan fingerprint density at radius 1 is 0.978 bits per heavy atom. The van der Waals surface area contributed by atoms with Crippen LogP contribution in [-0.4, -0.2) is 17.6 Å². The zero-order valence-corrected chi connectivity index (χ0v) is 26.0. The van der Waals surface area contributed by atoms with Gasteiger partial charge in [0.1, 0.15) is 18.2 Å². The zero-order valence-electron chi connectivity index (χ0n) is 25.2. The first-order chi connectivity index (χ1) is 22.2. The van der Waals surface area contributed by atoms with Gasteiger partial charge in [0, 0.05) is 17.3 Å². The molecule has 5 aromatic rings. The van der Waals surface area contributed by atoms with Crippen LogP contribution in [0.1, 0.15) is 35.2 Å². The van der Waals surface area contributed by atoms with Gasteiger partial charge in [-0.15, -0.1) is 0 Å². The monoisotopic (exact) mass is 637 g/mol. The highest BCUT2D eigenvalue weighted by Crippen LogP contribution is 2.31. The Kier molecular flexibility index (Phi) is 8.63. The fourth-order valence-electron chi connectivity index (χ4n) is 5.37. The van der Waals surface area contributed by atoms with Crippen molar-refractivity contribution in [2.45, 2.75) is 26.5 Å². The second kappa shape index (κ2) is 12.9. The summed E-state index contributed by atoms with van der Waals surface area (Å²) in [7, 11) is 1.51. The summed E-state index contributed by atoms with van der Waals surface area (Å²) in [5.74, 6) is -1.44. The van der Waals surface area contributed by atoms with Crippen molar-refractivity contribution in [2.75, 3.05) is 12.4 Å².